The monoisotopic (exact) mass is 255 g/mol. The second-order valence-electron chi connectivity index (χ2n) is 6.20. The van der Waals surface area contributed by atoms with Crippen LogP contribution in [0.1, 0.15) is 40.5 Å². The molecule has 0 radical (unpaired) electrons. The van der Waals surface area contributed by atoms with Crippen molar-refractivity contribution in [2.24, 2.45) is 5.92 Å². The highest BCUT2D eigenvalue weighted by Crippen LogP contribution is 2.24. The molecule has 4 heteroatoms. The Bertz CT molecular complexity index is 319. The number of ether oxygens (including phenoxy) is 1. The Labute approximate surface area is 110 Å². The summed E-state index contributed by atoms with van der Waals surface area (Å²) < 4.78 is 5.32. The first-order chi connectivity index (χ1) is 8.19. The molecule has 1 amide bonds. The number of carbonyl (C=O) groups excluding carboxylic acids is 1. The van der Waals surface area contributed by atoms with Crippen LogP contribution in [0.5, 0.6) is 0 Å². The minimum Gasteiger partial charge on any atom is -0.444 e. The van der Waals surface area contributed by atoms with E-state index in [0.29, 0.717) is 19.5 Å². The topological polar surface area (TPSA) is 49.8 Å². The molecule has 0 aromatic carbocycles. The number of aliphatic hydroxyl groups excluding tert-OH is 1. The maximum absolute atomic E-state index is 11.9. The van der Waals surface area contributed by atoms with Crippen molar-refractivity contribution in [3.8, 4) is 0 Å². The Balaban J connectivity index is 2.46. The lowest BCUT2D eigenvalue weighted by atomic mass is 9.96. The van der Waals surface area contributed by atoms with Crippen molar-refractivity contribution in [1.82, 2.24) is 4.90 Å². The fourth-order valence-electron chi connectivity index (χ4n) is 2.12. The van der Waals surface area contributed by atoms with Crippen LogP contribution in [0, 0.1) is 5.92 Å². The minimum absolute atomic E-state index is 0.134. The van der Waals surface area contributed by atoms with E-state index in [1.807, 2.05) is 27.7 Å². The van der Waals surface area contributed by atoms with Gasteiger partial charge in [-0.1, -0.05) is 5.57 Å². The molecule has 104 valence electrons. The van der Waals surface area contributed by atoms with Gasteiger partial charge in [0.05, 0.1) is 6.10 Å². The van der Waals surface area contributed by atoms with E-state index < -0.39 is 11.7 Å². The first-order valence-electron chi connectivity index (χ1n) is 6.49. The van der Waals surface area contributed by atoms with E-state index in [2.05, 4.69) is 6.58 Å². The fraction of sp³-hybridized carbons (Fsp3) is 0.786. The van der Waals surface area contributed by atoms with E-state index in [1.54, 1.807) is 4.90 Å². The summed E-state index contributed by atoms with van der Waals surface area (Å²) in [6, 6.07) is 0. The highest BCUT2D eigenvalue weighted by atomic mass is 16.6. The number of aliphatic hydroxyl groups is 1. The molecule has 1 heterocycles. The molecule has 2 unspecified atom stereocenters. The van der Waals surface area contributed by atoms with Gasteiger partial charge in [-0.3, -0.25) is 0 Å². The molecular weight excluding hydrogens is 230 g/mol. The maximum Gasteiger partial charge on any atom is 0.410 e. The number of amides is 1. The number of likely N-dealkylation sites (tertiary alicyclic amines) is 1. The Morgan fingerprint density at radius 3 is 2.67 bits per heavy atom. The van der Waals surface area contributed by atoms with Crippen LogP contribution in [0.4, 0.5) is 4.79 Å². The van der Waals surface area contributed by atoms with Crippen molar-refractivity contribution in [2.45, 2.75) is 52.2 Å². The highest BCUT2D eigenvalue weighted by molar-refractivity contribution is 5.68. The van der Waals surface area contributed by atoms with Gasteiger partial charge in [0.1, 0.15) is 5.60 Å². The van der Waals surface area contributed by atoms with E-state index in [1.165, 1.54) is 0 Å². The third-order valence-corrected chi connectivity index (χ3v) is 2.98. The van der Waals surface area contributed by atoms with Gasteiger partial charge >= 0.3 is 6.09 Å². The molecule has 1 aliphatic rings. The number of rotatable bonds is 3. The van der Waals surface area contributed by atoms with E-state index in [4.69, 9.17) is 4.74 Å². The summed E-state index contributed by atoms with van der Waals surface area (Å²) in [7, 11) is 0. The summed E-state index contributed by atoms with van der Waals surface area (Å²) in [6.07, 6.45) is 0.739. The predicted octanol–water partition coefficient (Wildman–Crippen LogP) is 2.57. The highest BCUT2D eigenvalue weighted by Gasteiger charge is 2.33. The summed E-state index contributed by atoms with van der Waals surface area (Å²) >= 11 is 0. The van der Waals surface area contributed by atoms with Crippen LogP contribution >= 0.6 is 0 Å². The summed E-state index contributed by atoms with van der Waals surface area (Å²) in [4.78, 5) is 13.5. The van der Waals surface area contributed by atoms with Crippen molar-refractivity contribution in [3.05, 3.63) is 12.2 Å². The third-order valence-electron chi connectivity index (χ3n) is 2.98. The first-order valence-corrected chi connectivity index (χ1v) is 6.49. The zero-order valence-corrected chi connectivity index (χ0v) is 11.9. The Hall–Kier alpha value is -1.03. The minimum atomic E-state index is -0.467. The zero-order chi connectivity index (χ0) is 13.9. The van der Waals surface area contributed by atoms with Crippen molar-refractivity contribution < 1.29 is 14.6 Å². The largest absolute Gasteiger partial charge is 0.444 e. The average molecular weight is 255 g/mol. The van der Waals surface area contributed by atoms with Crippen LogP contribution in [0.15, 0.2) is 12.2 Å². The Morgan fingerprint density at radius 2 is 2.17 bits per heavy atom. The molecule has 1 saturated heterocycles. The van der Waals surface area contributed by atoms with Crippen LogP contribution < -0.4 is 0 Å². The molecule has 0 aliphatic carbocycles. The molecular formula is C14H25NO3. The third kappa shape index (κ3) is 4.69. The van der Waals surface area contributed by atoms with Gasteiger partial charge in [-0.25, -0.2) is 4.79 Å². The predicted molar refractivity (Wildman–Crippen MR) is 71.4 cm³/mol. The first kappa shape index (κ1) is 15.0. The molecule has 1 fully saturated rings. The fourth-order valence-corrected chi connectivity index (χ4v) is 2.12. The van der Waals surface area contributed by atoms with Gasteiger partial charge in [0, 0.05) is 19.0 Å². The molecule has 2 atom stereocenters. The molecule has 1 rings (SSSR count). The smallest absolute Gasteiger partial charge is 0.410 e. The van der Waals surface area contributed by atoms with Crippen molar-refractivity contribution in [1.29, 1.82) is 0 Å². The van der Waals surface area contributed by atoms with Crippen molar-refractivity contribution in [2.75, 3.05) is 13.1 Å². The quantitative estimate of drug-likeness (QED) is 0.788. The van der Waals surface area contributed by atoms with E-state index in [-0.39, 0.29) is 12.0 Å². The van der Waals surface area contributed by atoms with Gasteiger partial charge in [-0.15, -0.1) is 6.58 Å². The standard InChI is InChI=1S/C14H25NO3/c1-10(2)8-12(16)11-6-7-15(9-11)13(17)18-14(3,4)5/h11-12,16H,1,6-9H2,2-5H3. The van der Waals surface area contributed by atoms with Gasteiger partial charge in [0.2, 0.25) is 0 Å². The molecule has 0 aromatic rings. The van der Waals surface area contributed by atoms with Crippen LogP contribution in [0.3, 0.4) is 0 Å². The van der Waals surface area contributed by atoms with Gasteiger partial charge in [-0.2, -0.15) is 0 Å². The summed E-state index contributed by atoms with van der Waals surface area (Å²) in [6.45, 7) is 12.5. The Morgan fingerprint density at radius 1 is 1.56 bits per heavy atom. The second-order valence-corrected chi connectivity index (χ2v) is 6.20. The normalized spacial score (nSPS) is 21.8. The number of carbonyl (C=O) groups is 1. The molecule has 1 aliphatic heterocycles. The van der Waals surface area contributed by atoms with Crippen molar-refractivity contribution in [3.63, 3.8) is 0 Å². The van der Waals surface area contributed by atoms with Gasteiger partial charge < -0.3 is 14.7 Å². The lowest BCUT2D eigenvalue weighted by Crippen LogP contribution is -2.36. The molecule has 0 saturated carbocycles. The van der Waals surface area contributed by atoms with Crippen LogP contribution in [0.2, 0.25) is 0 Å². The summed E-state index contributed by atoms with van der Waals surface area (Å²) in [5.74, 6) is 0.134. The SMILES string of the molecule is C=C(C)CC(O)C1CCN(C(=O)OC(C)(C)C)C1. The molecule has 0 aromatic heterocycles. The number of hydrogen-bond acceptors (Lipinski definition) is 3. The van der Waals surface area contributed by atoms with Gasteiger partial charge in [-0.05, 0) is 40.5 Å². The lowest BCUT2D eigenvalue weighted by molar-refractivity contribution is 0.0269. The number of nitrogens with zero attached hydrogens (tertiary/aromatic N) is 1. The average Bonchev–Trinajstić information content (AvgIpc) is 2.61. The van der Waals surface area contributed by atoms with E-state index >= 15 is 0 Å². The second kappa shape index (κ2) is 5.74. The zero-order valence-electron chi connectivity index (χ0n) is 11.9. The molecule has 0 spiro atoms. The maximum atomic E-state index is 11.9. The van der Waals surface area contributed by atoms with E-state index in [0.717, 1.165) is 12.0 Å². The number of hydrogen-bond donors (Lipinski definition) is 1. The Kier molecular flexibility index (Phi) is 4.79. The van der Waals surface area contributed by atoms with Crippen LogP contribution in [0.25, 0.3) is 0 Å². The summed E-state index contributed by atoms with van der Waals surface area (Å²) in [5.41, 5.74) is 0.504. The molecule has 18 heavy (non-hydrogen) atoms. The summed E-state index contributed by atoms with van der Waals surface area (Å²) in [5, 5.41) is 10.0. The van der Waals surface area contributed by atoms with Crippen LogP contribution in [-0.2, 0) is 4.74 Å². The van der Waals surface area contributed by atoms with Crippen LogP contribution in [-0.4, -0.2) is 40.9 Å². The molecule has 4 nitrogen and oxygen atoms in total. The van der Waals surface area contributed by atoms with Crippen molar-refractivity contribution >= 4 is 6.09 Å². The molecule has 1 N–H and O–H groups in total. The van der Waals surface area contributed by atoms with Gasteiger partial charge in [0.25, 0.3) is 0 Å². The van der Waals surface area contributed by atoms with E-state index in [9.17, 15) is 9.90 Å². The van der Waals surface area contributed by atoms with Gasteiger partial charge in [0.15, 0.2) is 0 Å². The lowest BCUT2D eigenvalue weighted by Gasteiger charge is -2.25. The molecule has 0 bridgehead atoms.